The molecule has 1 atom stereocenters. The summed E-state index contributed by atoms with van der Waals surface area (Å²) in [5.74, 6) is -0.221. The molecule has 1 amide bonds. The fourth-order valence-electron chi connectivity index (χ4n) is 2.32. The molecule has 1 saturated heterocycles. The molecule has 1 aliphatic heterocycles. The molecule has 0 bridgehead atoms. The van der Waals surface area contributed by atoms with Gasteiger partial charge in [0.15, 0.2) is 10.3 Å². The Morgan fingerprint density at radius 3 is 2.72 bits per heavy atom. The van der Waals surface area contributed by atoms with Crippen LogP contribution in [0.5, 0.6) is 0 Å². The van der Waals surface area contributed by atoms with Gasteiger partial charge in [0.1, 0.15) is 0 Å². The third-order valence-corrected chi connectivity index (χ3v) is 5.78. The van der Waals surface area contributed by atoms with Gasteiger partial charge in [-0.25, -0.2) is 9.88 Å². The van der Waals surface area contributed by atoms with Crippen LogP contribution < -0.4 is 4.90 Å². The van der Waals surface area contributed by atoms with Crippen LogP contribution >= 0.6 is 34.7 Å². The average Bonchev–Trinajstić information content (AvgIpc) is 3.05. The Balaban J connectivity index is 1.83. The molecule has 2 heterocycles. The van der Waals surface area contributed by atoms with Crippen LogP contribution in [0.15, 0.2) is 24.4 Å². The number of hydrogen-bond donors (Lipinski definition) is 1. The van der Waals surface area contributed by atoms with Gasteiger partial charge in [0, 0.05) is 17.5 Å². The first-order valence-electron chi connectivity index (χ1n) is 7.06. The molecule has 132 valence electrons. The van der Waals surface area contributed by atoms with Crippen LogP contribution in [0.25, 0.3) is 0 Å². The van der Waals surface area contributed by atoms with E-state index in [0.717, 1.165) is 17.8 Å². The van der Waals surface area contributed by atoms with Gasteiger partial charge in [-0.05, 0) is 24.6 Å². The topological polar surface area (TPSA) is 57.1 Å². The van der Waals surface area contributed by atoms with Crippen molar-refractivity contribution in [3.05, 3.63) is 45.4 Å². The monoisotopic (exact) mass is 405 g/mol. The minimum Gasteiger partial charge on any atom is -0.278 e. The smallest absolute Gasteiger partial charge is 0.278 e. The Morgan fingerprint density at radius 2 is 2.12 bits per heavy atom. The van der Waals surface area contributed by atoms with Crippen molar-refractivity contribution < 1.29 is 18.0 Å². The van der Waals surface area contributed by atoms with Crippen LogP contribution in [0.4, 0.5) is 18.3 Å². The summed E-state index contributed by atoms with van der Waals surface area (Å²) in [6, 6.07) is 3.76. The van der Waals surface area contributed by atoms with Gasteiger partial charge in [-0.15, -0.1) is 11.3 Å². The van der Waals surface area contributed by atoms with Gasteiger partial charge in [0.25, 0.3) is 0 Å². The van der Waals surface area contributed by atoms with E-state index in [2.05, 4.69) is 4.98 Å². The number of alkyl halides is 3. The number of halogens is 4. The molecular weight excluding hydrogens is 395 g/mol. The molecule has 4 nitrogen and oxygen atoms in total. The second-order valence-corrected chi connectivity index (χ2v) is 8.17. The SMILES string of the molecule is CC1SC(=N)N(c2ncc(Cc3ccc(Cl)c(C(F)(F)F)c3)s2)C1=O. The molecule has 1 aromatic heterocycles. The van der Waals surface area contributed by atoms with E-state index in [-0.39, 0.29) is 27.8 Å². The van der Waals surface area contributed by atoms with Crippen molar-refractivity contribution in [2.45, 2.75) is 24.8 Å². The quantitative estimate of drug-likeness (QED) is 0.797. The summed E-state index contributed by atoms with van der Waals surface area (Å²) in [5, 5.41) is 7.62. The number of carbonyl (C=O) groups excluding carboxylic acids is 1. The lowest BCUT2D eigenvalue weighted by molar-refractivity contribution is -0.137. The second kappa shape index (κ2) is 6.62. The summed E-state index contributed by atoms with van der Waals surface area (Å²) >= 11 is 7.94. The molecule has 1 N–H and O–H groups in total. The van der Waals surface area contributed by atoms with Crippen LogP contribution in [0.3, 0.4) is 0 Å². The Hall–Kier alpha value is -1.58. The van der Waals surface area contributed by atoms with E-state index >= 15 is 0 Å². The van der Waals surface area contributed by atoms with Crippen molar-refractivity contribution in [1.29, 1.82) is 5.41 Å². The zero-order valence-electron chi connectivity index (χ0n) is 12.7. The van der Waals surface area contributed by atoms with E-state index in [4.69, 9.17) is 17.0 Å². The molecule has 1 fully saturated rings. The van der Waals surface area contributed by atoms with Gasteiger partial charge in [0.2, 0.25) is 5.91 Å². The number of thiazole rings is 1. The van der Waals surface area contributed by atoms with Gasteiger partial charge in [0.05, 0.1) is 15.8 Å². The number of nitrogens with zero attached hydrogens (tertiary/aromatic N) is 2. The Kier molecular flexibility index (Phi) is 4.82. The van der Waals surface area contributed by atoms with E-state index in [1.165, 1.54) is 34.6 Å². The summed E-state index contributed by atoms with van der Waals surface area (Å²) in [6.07, 6.45) is -2.78. The predicted molar refractivity (Wildman–Crippen MR) is 93.6 cm³/mol. The highest BCUT2D eigenvalue weighted by molar-refractivity contribution is 8.16. The zero-order chi connectivity index (χ0) is 18.4. The molecule has 1 unspecified atom stereocenters. The Labute approximate surface area is 154 Å². The lowest BCUT2D eigenvalue weighted by Gasteiger charge is -2.11. The van der Waals surface area contributed by atoms with Crippen LogP contribution in [-0.2, 0) is 17.4 Å². The van der Waals surface area contributed by atoms with E-state index < -0.39 is 11.7 Å². The highest BCUT2D eigenvalue weighted by Crippen LogP contribution is 2.37. The first-order chi connectivity index (χ1) is 11.7. The van der Waals surface area contributed by atoms with Crippen molar-refractivity contribution in [2.75, 3.05) is 4.90 Å². The van der Waals surface area contributed by atoms with Crippen molar-refractivity contribution in [3.63, 3.8) is 0 Å². The second-order valence-electron chi connectivity index (χ2n) is 5.34. The van der Waals surface area contributed by atoms with E-state index in [0.29, 0.717) is 15.6 Å². The van der Waals surface area contributed by atoms with E-state index in [1.54, 1.807) is 6.92 Å². The van der Waals surface area contributed by atoms with Gasteiger partial charge < -0.3 is 0 Å². The van der Waals surface area contributed by atoms with Crippen LogP contribution in [0.2, 0.25) is 5.02 Å². The number of benzene rings is 1. The number of rotatable bonds is 3. The van der Waals surface area contributed by atoms with E-state index in [1.807, 2.05) is 0 Å². The first-order valence-corrected chi connectivity index (χ1v) is 9.13. The molecule has 3 rings (SSSR count). The number of amides is 1. The molecule has 25 heavy (non-hydrogen) atoms. The third-order valence-electron chi connectivity index (χ3n) is 3.51. The molecule has 0 spiro atoms. The third kappa shape index (κ3) is 3.68. The number of aromatic nitrogens is 1. The summed E-state index contributed by atoms with van der Waals surface area (Å²) in [7, 11) is 0. The van der Waals surface area contributed by atoms with Crippen molar-refractivity contribution in [1.82, 2.24) is 4.98 Å². The molecule has 1 aromatic carbocycles. The largest absolute Gasteiger partial charge is 0.417 e. The standard InChI is InChI=1S/C15H11ClF3N3OS2/c1-7-12(23)22(13(20)24-7)14-21-6-9(25-14)4-8-2-3-11(16)10(5-8)15(17,18)19/h2-3,5-7,20H,4H2,1H3. The summed E-state index contributed by atoms with van der Waals surface area (Å²) in [5.41, 5.74) is -0.435. The fourth-order valence-corrected chi connectivity index (χ4v) is 4.38. The van der Waals surface area contributed by atoms with Crippen molar-refractivity contribution >= 4 is 50.9 Å². The molecule has 1 aliphatic rings. The maximum absolute atomic E-state index is 12.9. The fraction of sp³-hybridized carbons (Fsp3) is 0.267. The minimum atomic E-state index is -4.52. The molecule has 0 saturated carbocycles. The number of nitrogens with one attached hydrogen (secondary N) is 1. The minimum absolute atomic E-state index is 0.101. The maximum atomic E-state index is 12.9. The maximum Gasteiger partial charge on any atom is 0.417 e. The van der Waals surface area contributed by atoms with Gasteiger partial charge in [-0.2, -0.15) is 13.2 Å². The molecular formula is C15H11ClF3N3OS2. The molecule has 2 aromatic rings. The average molecular weight is 406 g/mol. The summed E-state index contributed by atoms with van der Waals surface area (Å²) in [6.45, 7) is 1.71. The molecule has 0 aliphatic carbocycles. The van der Waals surface area contributed by atoms with Crippen molar-refractivity contribution in [2.24, 2.45) is 0 Å². The van der Waals surface area contributed by atoms with Crippen LogP contribution in [0.1, 0.15) is 22.9 Å². The van der Waals surface area contributed by atoms with Crippen molar-refractivity contribution in [3.8, 4) is 0 Å². The van der Waals surface area contributed by atoms with Crippen LogP contribution in [-0.4, -0.2) is 21.3 Å². The van der Waals surface area contributed by atoms with Crippen LogP contribution in [0, 0.1) is 5.41 Å². The number of thioether (sulfide) groups is 1. The van der Waals surface area contributed by atoms with Gasteiger partial charge in [-0.3, -0.25) is 10.2 Å². The molecule has 10 heteroatoms. The van der Waals surface area contributed by atoms with Gasteiger partial charge in [-0.1, -0.05) is 29.4 Å². The first kappa shape index (κ1) is 18.2. The van der Waals surface area contributed by atoms with Gasteiger partial charge >= 0.3 is 6.18 Å². The number of amidine groups is 1. The lowest BCUT2D eigenvalue weighted by atomic mass is 10.1. The summed E-state index contributed by atoms with van der Waals surface area (Å²) in [4.78, 5) is 18.1. The number of anilines is 1. The molecule has 0 radical (unpaired) electrons. The lowest BCUT2D eigenvalue weighted by Crippen LogP contribution is -2.30. The number of carbonyl (C=O) groups is 1. The Morgan fingerprint density at radius 1 is 1.40 bits per heavy atom. The number of hydrogen-bond acceptors (Lipinski definition) is 5. The Bertz CT molecular complexity index is 853. The normalized spacial score (nSPS) is 18.3. The van der Waals surface area contributed by atoms with E-state index in [9.17, 15) is 18.0 Å². The zero-order valence-corrected chi connectivity index (χ0v) is 15.1. The summed E-state index contributed by atoms with van der Waals surface area (Å²) < 4.78 is 38.8. The highest BCUT2D eigenvalue weighted by Gasteiger charge is 2.37. The predicted octanol–water partition coefficient (Wildman–Crippen LogP) is 4.81. The highest BCUT2D eigenvalue weighted by atomic mass is 35.5.